The lowest BCUT2D eigenvalue weighted by molar-refractivity contribution is -0.385. The van der Waals surface area contributed by atoms with Gasteiger partial charge >= 0.3 is 5.97 Å². The molecule has 26 heavy (non-hydrogen) atoms. The van der Waals surface area contributed by atoms with Crippen LogP contribution < -0.4 is 5.56 Å². The molecule has 132 valence electrons. The van der Waals surface area contributed by atoms with Crippen LogP contribution in [0.2, 0.25) is 0 Å². The zero-order valence-electron chi connectivity index (χ0n) is 13.9. The van der Waals surface area contributed by atoms with Crippen molar-refractivity contribution in [1.82, 2.24) is 9.55 Å². The van der Waals surface area contributed by atoms with Crippen molar-refractivity contribution >= 4 is 22.6 Å². The van der Waals surface area contributed by atoms with E-state index in [9.17, 15) is 19.7 Å². The van der Waals surface area contributed by atoms with Gasteiger partial charge in [0.05, 0.1) is 22.2 Å². The zero-order chi connectivity index (χ0) is 18.7. The Morgan fingerprint density at radius 3 is 2.81 bits per heavy atom. The van der Waals surface area contributed by atoms with Crippen LogP contribution in [0.4, 0.5) is 5.69 Å². The Kier molecular flexibility index (Phi) is 4.74. The normalized spacial score (nSPS) is 11.9. The molecule has 1 atom stereocenters. The smallest absolute Gasteiger partial charge is 0.326 e. The highest BCUT2D eigenvalue weighted by atomic mass is 16.6. The van der Waals surface area contributed by atoms with Crippen molar-refractivity contribution in [2.75, 3.05) is 0 Å². The standard InChI is InChI=1S/C18H15N3O5/c1-12(13-5-4-6-14(9-13)21(24)25)26-17(22)10-20-11-19-16-8-3-2-7-15(16)18(20)23/h2-9,11-12H,10H2,1H3/t12-/m0/s1. The molecular weight excluding hydrogens is 338 g/mol. The first-order valence-corrected chi connectivity index (χ1v) is 7.83. The van der Waals surface area contributed by atoms with E-state index in [0.29, 0.717) is 16.5 Å². The van der Waals surface area contributed by atoms with Gasteiger partial charge in [0.2, 0.25) is 0 Å². The Morgan fingerprint density at radius 1 is 1.27 bits per heavy atom. The number of benzene rings is 2. The average molecular weight is 353 g/mol. The molecule has 0 aliphatic carbocycles. The number of hydrogen-bond acceptors (Lipinski definition) is 6. The van der Waals surface area contributed by atoms with Gasteiger partial charge in [-0.25, -0.2) is 4.98 Å². The van der Waals surface area contributed by atoms with E-state index >= 15 is 0 Å². The van der Waals surface area contributed by atoms with Crippen molar-refractivity contribution in [3.8, 4) is 0 Å². The average Bonchev–Trinajstić information content (AvgIpc) is 2.64. The topological polar surface area (TPSA) is 104 Å². The van der Waals surface area contributed by atoms with Crippen LogP contribution >= 0.6 is 0 Å². The summed E-state index contributed by atoms with van der Waals surface area (Å²) in [5.74, 6) is -0.636. The number of fused-ring (bicyclic) bond motifs is 1. The van der Waals surface area contributed by atoms with E-state index in [1.54, 1.807) is 37.3 Å². The number of aromatic nitrogens is 2. The minimum Gasteiger partial charge on any atom is -0.456 e. The fourth-order valence-electron chi connectivity index (χ4n) is 2.55. The highest BCUT2D eigenvalue weighted by molar-refractivity contribution is 5.77. The summed E-state index contributed by atoms with van der Waals surface area (Å²) in [6.07, 6.45) is 0.607. The van der Waals surface area contributed by atoms with E-state index in [2.05, 4.69) is 4.98 Å². The summed E-state index contributed by atoms with van der Waals surface area (Å²) in [7, 11) is 0. The van der Waals surface area contributed by atoms with Gasteiger partial charge in [0.15, 0.2) is 0 Å². The number of carbonyl (C=O) groups is 1. The molecule has 8 nitrogen and oxygen atoms in total. The van der Waals surface area contributed by atoms with E-state index in [0.717, 1.165) is 0 Å². The number of para-hydroxylation sites is 1. The molecule has 0 saturated heterocycles. The lowest BCUT2D eigenvalue weighted by Gasteiger charge is -2.14. The summed E-state index contributed by atoms with van der Waals surface area (Å²) < 4.78 is 6.46. The highest BCUT2D eigenvalue weighted by Crippen LogP contribution is 2.21. The molecule has 0 aliphatic rings. The molecule has 1 heterocycles. The van der Waals surface area contributed by atoms with Crippen LogP contribution in [0.15, 0.2) is 59.7 Å². The Hall–Kier alpha value is -3.55. The maximum absolute atomic E-state index is 12.4. The van der Waals surface area contributed by atoms with E-state index < -0.39 is 17.0 Å². The highest BCUT2D eigenvalue weighted by Gasteiger charge is 2.16. The molecule has 2 aromatic carbocycles. The monoisotopic (exact) mass is 353 g/mol. The van der Waals surface area contributed by atoms with E-state index in [-0.39, 0.29) is 17.8 Å². The minimum absolute atomic E-state index is 0.0830. The molecule has 8 heteroatoms. The lowest BCUT2D eigenvalue weighted by Crippen LogP contribution is -2.26. The molecule has 0 spiro atoms. The number of ether oxygens (including phenoxy) is 1. The van der Waals surface area contributed by atoms with E-state index in [4.69, 9.17) is 4.74 Å². The summed E-state index contributed by atoms with van der Waals surface area (Å²) in [6.45, 7) is 1.31. The second-order valence-corrected chi connectivity index (χ2v) is 5.68. The molecule has 1 aromatic heterocycles. The van der Waals surface area contributed by atoms with Gasteiger partial charge in [0.25, 0.3) is 11.2 Å². The molecule has 0 bridgehead atoms. The van der Waals surface area contributed by atoms with Crippen molar-refractivity contribution in [1.29, 1.82) is 0 Å². The molecule has 3 aromatic rings. The van der Waals surface area contributed by atoms with Gasteiger partial charge in [-0.2, -0.15) is 0 Å². The number of rotatable bonds is 5. The Balaban J connectivity index is 1.75. The van der Waals surface area contributed by atoms with Crippen LogP contribution in [0.1, 0.15) is 18.6 Å². The summed E-state index contributed by atoms with van der Waals surface area (Å²) in [5.41, 5.74) is 0.625. The van der Waals surface area contributed by atoms with Gasteiger partial charge in [-0.05, 0) is 24.6 Å². The number of nitrogens with zero attached hydrogens (tertiary/aromatic N) is 3. The van der Waals surface area contributed by atoms with Crippen LogP contribution in [0.5, 0.6) is 0 Å². The molecule has 0 saturated carbocycles. The van der Waals surface area contributed by atoms with Crippen LogP contribution in [0.3, 0.4) is 0 Å². The second kappa shape index (κ2) is 7.14. The summed E-state index contributed by atoms with van der Waals surface area (Å²) in [6, 6.07) is 12.7. The van der Waals surface area contributed by atoms with Crippen LogP contribution in [-0.4, -0.2) is 20.4 Å². The van der Waals surface area contributed by atoms with Gasteiger partial charge in [-0.3, -0.25) is 24.3 Å². The van der Waals surface area contributed by atoms with Crippen LogP contribution in [0, 0.1) is 10.1 Å². The minimum atomic E-state index is -0.688. The van der Waals surface area contributed by atoms with Crippen LogP contribution in [-0.2, 0) is 16.1 Å². The molecule has 3 rings (SSSR count). The van der Waals surface area contributed by atoms with Gasteiger partial charge in [-0.15, -0.1) is 0 Å². The number of nitro groups is 1. The maximum atomic E-state index is 12.4. The quantitative estimate of drug-likeness (QED) is 0.397. The summed E-state index contributed by atoms with van der Waals surface area (Å²) in [5, 5.41) is 11.2. The third-order valence-corrected chi connectivity index (χ3v) is 3.89. The SMILES string of the molecule is C[C@H](OC(=O)Cn1cnc2ccccc2c1=O)c1cccc([N+](=O)[O-])c1. The van der Waals surface area contributed by atoms with Crippen LogP contribution in [0.25, 0.3) is 10.9 Å². The van der Waals surface area contributed by atoms with E-state index in [1.165, 1.54) is 29.1 Å². The number of non-ortho nitro benzene ring substituents is 1. The van der Waals surface area contributed by atoms with Gasteiger partial charge in [0.1, 0.15) is 12.6 Å². The van der Waals surface area contributed by atoms with Crippen molar-refractivity contribution < 1.29 is 14.5 Å². The number of hydrogen-bond donors (Lipinski definition) is 0. The summed E-state index contributed by atoms with van der Waals surface area (Å²) >= 11 is 0. The molecule has 0 N–H and O–H groups in total. The predicted molar refractivity (Wildman–Crippen MR) is 93.6 cm³/mol. The fourth-order valence-corrected chi connectivity index (χ4v) is 2.55. The molecule has 0 aliphatic heterocycles. The Bertz CT molecular complexity index is 1040. The summed E-state index contributed by atoms with van der Waals surface area (Å²) in [4.78, 5) is 39.0. The fraction of sp³-hybridized carbons (Fsp3) is 0.167. The molecule has 0 radical (unpaired) electrons. The van der Waals surface area contributed by atoms with Crippen molar-refractivity contribution in [2.45, 2.75) is 19.6 Å². The first kappa shape index (κ1) is 17.3. The van der Waals surface area contributed by atoms with E-state index in [1.807, 2.05) is 0 Å². The molecule has 0 unspecified atom stereocenters. The van der Waals surface area contributed by atoms with Crippen molar-refractivity contribution in [2.24, 2.45) is 0 Å². The lowest BCUT2D eigenvalue weighted by atomic mass is 10.1. The largest absolute Gasteiger partial charge is 0.456 e. The van der Waals surface area contributed by atoms with Gasteiger partial charge in [-0.1, -0.05) is 24.3 Å². The second-order valence-electron chi connectivity index (χ2n) is 5.68. The Labute approximate surface area is 147 Å². The molecule has 0 amide bonds. The van der Waals surface area contributed by atoms with Crippen molar-refractivity contribution in [3.05, 3.63) is 80.9 Å². The zero-order valence-corrected chi connectivity index (χ0v) is 13.9. The Morgan fingerprint density at radius 2 is 2.04 bits per heavy atom. The third-order valence-electron chi connectivity index (χ3n) is 3.89. The first-order valence-electron chi connectivity index (χ1n) is 7.83. The molecule has 0 fully saturated rings. The number of esters is 1. The van der Waals surface area contributed by atoms with Gasteiger partial charge < -0.3 is 4.74 Å². The number of carbonyl (C=O) groups excluding carboxylic acids is 1. The predicted octanol–water partition coefficient (Wildman–Crippen LogP) is 2.61. The number of nitro benzene ring substituents is 1. The third kappa shape index (κ3) is 3.59. The van der Waals surface area contributed by atoms with Gasteiger partial charge in [0, 0.05) is 12.1 Å². The molecular formula is C18H15N3O5. The first-order chi connectivity index (χ1) is 12.5. The maximum Gasteiger partial charge on any atom is 0.326 e. The van der Waals surface area contributed by atoms with Crippen molar-refractivity contribution in [3.63, 3.8) is 0 Å².